The van der Waals surface area contributed by atoms with Crippen LogP contribution in [-0.4, -0.2) is 0 Å². The third-order valence-electron chi connectivity index (χ3n) is 4.54. The van der Waals surface area contributed by atoms with Gasteiger partial charge < -0.3 is 5.32 Å². The molecule has 0 heterocycles. The molecule has 2 aromatic carbocycles. The van der Waals surface area contributed by atoms with Crippen LogP contribution in [0, 0.1) is 0 Å². The molecule has 0 fully saturated rings. The minimum Gasteiger partial charge on any atom is -0.355 e. The number of hydrogen-bond acceptors (Lipinski definition) is 1. The lowest BCUT2D eigenvalue weighted by Crippen LogP contribution is -2.03. The lowest BCUT2D eigenvalue weighted by molar-refractivity contribution is 1.16. The maximum atomic E-state index is 3.69. The average Bonchev–Trinajstić information content (AvgIpc) is 2.85. The van der Waals surface area contributed by atoms with E-state index in [9.17, 15) is 0 Å². The molecule has 4 rings (SSSR count). The Hall–Kier alpha value is -2.80. The van der Waals surface area contributed by atoms with E-state index in [1.165, 1.54) is 27.6 Å². The van der Waals surface area contributed by atoms with Gasteiger partial charge in [0.15, 0.2) is 0 Å². The smallest absolute Gasteiger partial charge is 0.0464 e. The third kappa shape index (κ3) is 4.05. The van der Waals surface area contributed by atoms with Gasteiger partial charge in [-0.2, -0.15) is 0 Å². The number of allylic oxidation sites excluding steroid dienone is 9. The number of hydrogen-bond donors (Lipinski definition) is 1. The van der Waals surface area contributed by atoms with Gasteiger partial charge in [0.1, 0.15) is 0 Å². The molecule has 132 valence electrons. The van der Waals surface area contributed by atoms with Crippen LogP contribution in [0.4, 0.5) is 5.69 Å². The number of nitrogens with one attached hydrogen (secondary N) is 1. The molecule has 0 saturated carbocycles. The lowest BCUT2D eigenvalue weighted by atomic mass is 9.97. The van der Waals surface area contributed by atoms with Crippen molar-refractivity contribution in [3.63, 3.8) is 0 Å². The van der Waals surface area contributed by atoms with Gasteiger partial charge in [-0.05, 0) is 42.4 Å². The molecule has 0 aromatic heterocycles. The van der Waals surface area contributed by atoms with E-state index in [0.717, 1.165) is 24.9 Å². The van der Waals surface area contributed by atoms with E-state index in [2.05, 4.69) is 90.3 Å². The van der Waals surface area contributed by atoms with Crippen LogP contribution in [0.5, 0.6) is 0 Å². The van der Waals surface area contributed by atoms with Crippen LogP contribution in [0.2, 0.25) is 0 Å². The lowest BCUT2D eigenvalue weighted by Gasteiger charge is -2.16. The minimum absolute atomic E-state index is 0.987. The van der Waals surface area contributed by atoms with Gasteiger partial charge in [0, 0.05) is 22.3 Å². The first-order valence-corrected chi connectivity index (χ1v) is 9.58. The summed E-state index contributed by atoms with van der Waals surface area (Å²) in [7, 11) is 0. The van der Waals surface area contributed by atoms with Crippen molar-refractivity contribution in [1.82, 2.24) is 0 Å². The van der Waals surface area contributed by atoms with E-state index in [-0.39, 0.29) is 0 Å². The fraction of sp³-hybridized carbons (Fsp3) is 0.200. The van der Waals surface area contributed by atoms with Gasteiger partial charge in [-0.1, -0.05) is 86.7 Å². The second-order valence-corrected chi connectivity index (χ2v) is 6.16. The van der Waals surface area contributed by atoms with Crippen molar-refractivity contribution >= 4 is 16.5 Å². The van der Waals surface area contributed by atoms with E-state index in [0.29, 0.717) is 0 Å². The maximum Gasteiger partial charge on any atom is 0.0464 e. The Balaban J connectivity index is 0.000000948. The molecule has 0 saturated heterocycles. The molecule has 2 aromatic rings. The minimum atomic E-state index is 0.987. The highest BCUT2D eigenvalue weighted by atomic mass is 14.9. The summed E-state index contributed by atoms with van der Waals surface area (Å²) in [5.74, 6) is 0. The Morgan fingerprint density at radius 3 is 2.50 bits per heavy atom. The predicted octanol–water partition coefficient (Wildman–Crippen LogP) is 7.32. The van der Waals surface area contributed by atoms with Crippen molar-refractivity contribution in [2.75, 3.05) is 5.32 Å². The van der Waals surface area contributed by atoms with Crippen molar-refractivity contribution < 1.29 is 0 Å². The standard InChI is InChI=1S/C23H21N.C2H6/c1-2-4-14-20-18(10-3-1)12-6-8-16-22(20)24-23-17-9-13-19-11-5-7-15-21(19)23;1-2/h1,3-5,7-9,11-17,24H,2,6,10H2;1-2H3/b3-1-,14-4-;. The van der Waals surface area contributed by atoms with Crippen LogP contribution in [0.25, 0.3) is 10.8 Å². The average molecular weight is 341 g/mol. The molecule has 2 aliphatic rings. The number of rotatable bonds is 2. The number of fused-ring (bicyclic) bond motifs is 2. The summed E-state index contributed by atoms with van der Waals surface area (Å²) in [6.07, 6.45) is 18.8. The van der Waals surface area contributed by atoms with Gasteiger partial charge in [0.2, 0.25) is 0 Å². The molecule has 0 atom stereocenters. The molecule has 0 unspecified atom stereocenters. The monoisotopic (exact) mass is 341 g/mol. The summed E-state index contributed by atoms with van der Waals surface area (Å²) < 4.78 is 0. The Labute approximate surface area is 157 Å². The maximum absolute atomic E-state index is 3.69. The second kappa shape index (κ2) is 9.05. The van der Waals surface area contributed by atoms with Gasteiger partial charge in [-0.3, -0.25) is 0 Å². The highest BCUT2D eigenvalue weighted by molar-refractivity contribution is 5.94. The zero-order valence-corrected chi connectivity index (χ0v) is 15.7. The Morgan fingerprint density at radius 2 is 1.58 bits per heavy atom. The molecule has 0 spiro atoms. The molecule has 1 N–H and O–H groups in total. The summed E-state index contributed by atoms with van der Waals surface area (Å²) in [4.78, 5) is 0. The van der Waals surface area contributed by atoms with Gasteiger partial charge in [-0.15, -0.1) is 0 Å². The molecular formula is C25H27N. The first-order valence-electron chi connectivity index (χ1n) is 9.58. The molecule has 1 nitrogen and oxygen atoms in total. The highest BCUT2D eigenvalue weighted by Crippen LogP contribution is 2.30. The van der Waals surface area contributed by atoms with Gasteiger partial charge in [-0.25, -0.2) is 0 Å². The molecule has 1 heteroatoms. The SMILES string of the molecule is C1=CC(Nc2cccc3ccccc23)=C2/C=C\C/C=C\CC2=CC1.CC. The first-order chi connectivity index (χ1) is 12.9. The van der Waals surface area contributed by atoms with Crippen LogP contribution in [0.1, 0.15) is 33.1 Å². The summed E-state index contributed by atoms with van der Waals surface area (Å²) in [5, 5.41) is 6.21. The first kappa shape index (κ1) is 18.0. The summed E-state index contributed by atoms with van der Waals surface area (Å²) in [6.45, 7) is 4.00. The van der Waals surface area contributed by atoms with E-state index in [1.807, 2.05) is 13.8 Å². The van der Waals surface area contributed by atoms with E-state index < -0.39 is 0 Å². The third-order valence-corrected chi connectivity index (χ3v) is 4.54. The molecule has 0 bridgehead atoms. The predicted molar refractivity (Wildman–Crippen MR) is 115 cm³/mol. The van der Waals surface area contributed by atoms with Gasteiger partial charge in [0.25, 0.3) is 0 Å². The molecule has 26 heavy (non-hydrogen) atoms. The summed E-state index contributed by atoms with van der Waals surface area (Å²) in [5.41, 5.74) is 5.05. The topological polar surface area (TPSA) is 12.0 Å². The Bertz CT molecular complexity index is 901. The van der Waals surface area contributed by atoms with E-state index in [4.69, 9.17) is 0 Å². The van der Waals surface area contributed by atoms with Crippen molar-refractivity contribution in [3.05, 3.63) is 102 Å². The molecular weight excluding hydrogens is 314 g/mol. The largest absolute Gasteiger partial charge is 0.355 e. The van der Waals surface area contributed by atoms with Crippen LogP contribution >= 0.6 is 0 Å². The Morgan fingerprint density at radius 1 is 0.769 bits per heavy atom. The highest BCUT2D eigenvalue weighted by Gasteiger charge is 2.11. The van der Waals surface area contributed by atoms with Crippen molar-refractivity contribution in [2.24, 2.45) is 0 Å². The van der Waals surface area contributed by atoms with Gasteiger partial charge in [0.05, 0.1) is 0 Å². The molecule has 0 amide bonds. The number of anilines is 1. The van der Waals surface area contributed by atoms with Crippen molar-refractivity contribution in [1.29, 1.82) is 0 Å². The van der Waals surface area contributed by atoms with Gasteiger partial charge >= 0.3 is 0 Å². The van der Waals surface area contributed by atoms with E-state index in [1.54, 1.807) is 0 Å². The van der Waals surface area contributed by atoms with Crippen molar-refractivity contribution in [3.8, 4) is 0 Å². The fourth-order valence-corrected chi connectivity index (χ4v) is 3.32. The molecule has 0 aliphatic heterocycles. The van der Waals surface area contributed by atoms with Crippen LogP contribution in [0.3, 0.4) is 0 Å². The summed E-state index contributed by atoms with van der Waals surface area (Å²) in [6, 6.07) is 15.0. The van der Waals surface area contributed by atoms with Crippen LogP contribution in [-0.2, 0) is 0 Å². The zero-order chi connectivity index (χ0) is 18.2. The summed E-state index contributed by atoms with van der Waals surface area (Å²) >= 11 is 0. The Kier molecular flexibility index (Phi) is 6.27. The normalized spacial score (nSPS) is 18.5. The quantitative estimate of drug-likeness (QED) is 0.564. The fourth-order valence-electron chi connectivity index (χ4n) is 3.32. The second-order valence-electron chi connectivity index (χ2n) is 6.16. The van der Waals surface area contributed by atoms with Crippen molar-refractivity contribution in [2.45, 2.75) is 33.1 Å². The molecule has 2 aliphatic carbocycles. The van der Waals surface area contributed by atoms with Crippen LogP contribution in [0.15, 0.2) is 102 Å². The zero-order valence-electron chi connectivity index (χ0n) is 15.7. The molecule has 0 radical (unpaired) electrons. The number of benzene rings is 2. The van der Waals surface area contributed by atoms with Crippen LogP contribution < -0.4 is 5.32 Å². The van der Waals surface area contributed by atoms with E-state index >= 15 is 0 Å².